The van der Waals surface area contributed by atoms with Crippen LogP contribution in [0.4, 0.5) is 0 Å². The molecule has 0 aliphatic carbocycles. The number of benzene rings is 3. The number of fused-ring (bicyclic) bond motifs is 1. The molecule has 2 unspecified atom stereocenters. The fourth-order valence-corrected chi connectivity index (χ4v) is 3.56. The summed E-state index contributed by atoms with van der Waals surface area (Å²) in [6.45, 7) is 1.88. The van der Waals surface area contributed by atoms with Crippen LogP contribution >= 0.6 is 0 Å². The predicted molar refractivity (Wildman–Crippen MR) is 109 cm³/mol. The number of esters is 1. The summed E-state index contributed by atoms with van der Waals surface area (Å²) in [5.74, 6) is -2.04. The molecule has 3 aromatic rings. The van der Waals surface area contributed by atoms with Gasteiger partial charge in [0.25, 0.3) is 0 Å². The Morgan fingerprint density at radius 1 is 1.00 bits per heavy atom. The topological polar surface area (TPSA) is 80.7 Å². The average Bonchev–Trinajstić information content (AvgIpc) is 2.68. The van der Waals surface area contributed by atoms with Crippen LogP contribution in [0.1, 0.15) is 34.3 Å². The molecule has 5 nitrogen and oxygen atoms in total. The first-order valence-electron chi connectivity index (χ1n) is 8.85. The number of hydrogen-bond acceptors (Lipinski definition) is 4. The quantitative estimate of drug-likeness (QED) is 0.282. The van der Waals surface area contributed by atoms with Gasteiger partial charge in [-0.2, -0.15) is 0 Å². The predicted octanol–water partition coefficient (Wildman–Crippen LogP) is 4.09. The molecule has 0 amide bonds. The third-order valence-corrected chi connectivity index (χ3v) is 5.00. The Morgan fingerprint density at radius 3 is 2.32 bits per heavy atom. The fourth-order valence-electron chi connectivity index (χ4n) is 3.08. The minimum atomic E-state index is -1.95. The van der Waals surface area contributed by atoms with E-state index in [-0.39, 0.29) is 18.1 Å². The van der Waals surface area contributed by atoms with Gasteiger partial charge in [0.15, 0.2) is 16.9 Å². The Hall–Kier alpha value is -2.83. The van der Waals surface area contributed by atoms with E-state index in [1.165, 1.54) is 0 Å². The zero-order chi connectivity index (χ0) is 20.1. The van der Waals surface area contributed by atoms with Crippen molar-refractivity contribution in [2.24, 2.45) is 0 Å². The van der Waals surface area contributed by atoms with Crippen LogP contribution in [0.15, 0.2) is 66.7 Å². The molecule has 0 saturated carbocycles. The summed E-state index contributed by atoms with van der Waals surface area (Å²) in [6, 6.07) is 19.6. The molecule has 0 heterocycles. The van der Waals surface area contributed by atoms with Crippen LogP contribution in [0.5, 0.6) is 0 Å². The summed E-state index contributed by atoms with van der Waals surface area (Å²) in [5.41, 5.74) is 1.55. The molecular weight excluding hydrogens is 376 g/mol. The minimum Gasteiger partial charge on any atom is -0.465 e. The van der Waals surface area contributed by atoms with Gasteiger partial charge in [0.2, 0.25) is 0 Å². The van der Waals surface area contributed by atoms with Gasteiger partial charge < -0.3 is 9.29 Å². The number of rotatable bonds is 7. The molecule has 1 N–H and O–H groups in total. The van der Waals surface area contributed by atoms with Crippen molar-refractivity contribution in [3.63, 3.8) is 0 Å². The van der Waals surface area contributed by atoms with Gasteiger partial charge in [-0.1, -0.05) is 60.7 Å². The van der Waals surface area contributed by atoms with Gasteiger partial charge in [-0.3, -0.25) is 9.59 Å². The second-order valence-electron chi connectivity index (χ2n) is 6.32. The monoisotopic (exact) mass is 396 g/mol. The van der Waals surface area contributed by atoms with Gasteiger partial charge in [-0.15, -0.1) is 0 Å². The molecule has 3 rings (SSSR count). The third-order valence-electron chi connectivity index (χ3n) is 4.42. The van der Waals surface area contributed by atoms with Gasteiger partial charge in [0.05, 0.1) is 12.4 Å². The molecule has 6 heteroatoms. The molecule has 0 aliphatic rings. The largest absolute Gasteiger partial charge is 0.465 e. The first kappa shape index (κ1) is 19.9. The van der Waals surface area contributed by atoms with E-state index in [0.717, 1.165) is 10.8 Å². The molecular formula is C22H20O5S. The smallest absolute Gasteiger partial charge is 0.321 e. The lowest BCUT2D eigenvalue weighted by Crippen LogP contribution is -2.24. The normalized spacial score (nSPS) is 13.1. The number of Topliss-reactive ketones (excluding diaryl/α,β-unsaturated/α-hetero) is 1. The molecule has 0 fully saturated rings. The van der Waals surface area contributed by atoms with Gasteiger partial charge >= 0.3 is 5.97 Å². The first-order valence-corrected chi connectivity index (χ1v) is 10.1. The van der Waals surface area contributed by atoms with Gasteiger partial charge in [0, 0.05) is 5.56 Å². The van der Waals surface area contributed by atoms with Crippen LogP contribution < -0.4 is 0 Å². The minimum absolute atomic E-state index is 0.0134. The zero-order valence-electron chi connectivity index (χ0n) is 15.3. The molecule has 3 aromatic carbocycles. The highest BCUT2D eigenvalue weighted by molar-refractivity contribution is 7.78. The maximum absolute atomic E-state index is 13.1. The van der Waals surface area contributed by atoms with E-state index in [1.54, 1.807) is 37.3 Å². The molecule has 0 spiro atoms. The van der Waals surface area contributed by atoms with E-state index in [9.17, 15) is 13.8 Å². The van der Waals surface area contributed by atoms with E-state index in [2.05, 4.69) is 0 Å². The number of carbonyl (C=O) groups is 2. The highest BCUT2D eigenvalue weighted by Gasteiger charge is 2.31. The van der Waals surface area contributed by atoms with Crippen LogP contribution in [-0.4, -0.2) is 27.1 Å². The van der Waals surface area contributed by atoms with Crippen molar-refractivity contribution in [1.82, 2.24) is 0 Å². The van der Waals surface area contributed by atoms with Crippen LogP contribution in [0, 0.1) is 0 Å². The summed E-state index contributed by atoms with van der Waals surface area (Å²) in [4.78, 5) is 25.7. The standard InChI is InChI=1S/C22H20O5S/c1-2-27-22(24)20(19-12-11-16-5-3-4-6-18(16)13-19)21(23)17-9-7-15(8-10-17)14-28(25)26/h3-13,20H,2,14H2,1H3,(H,25,26). The molecule has 2 atom stereocenters. The lowest BCUT2D eigenvalue weighted by atomic mass is 9.89. The second-order valence-corrected chi connectivity index (χ2v) is 7.25. The molecule has 0 radical (unpaired) electrons. The third kappa shape index (κ3) is 4.52. The van der Waals surface area contributed by atoms with Crippen LogP contribution in [-0.2, 0) is 26.4 Å². The van der Waals surface area contributed by atoms with Crippen molar-refractivity contribution in [1.29, 1.82) is 0 Å². The Kier molecular flexibility index (Phi) is 6.34. The number of hydrogen-bond donors (Lipinski definition) is 1. The van der Waals surface area contributed by atoms with Gasteiger partial charge in [0.1, 0.15) is 5.92 Å². The Bertz CT molecular complexity index is 1030. The maximum Gasteiger partial charge on any atom is 0.321 e. The highest BCUT2D eigenvalue weighted by atomic mass is 32.2. The number of ether oxygens (including phenoxy) is 1. The fraction of sp³-hybridized carbons (Fsp3) is 0.182. The van der Waals surface area contributed by atoms with E-state index in [0.29, 0.717) is 16.7 Å². The van der Waals surface area contributed by atoms with Crippen molar-refractivity contribution in [3.05, 3.63) is 83.4 Å². The highest BCUT2D eigenvalue weighted by Crippen LogP contribution is 2.26. The number of ketones is 1. The van der Waals surface area contributed by atoms with E-state index < -0.39 is 23.0 Å². The van der Waals surface area contributed by atoms with Crippen molar-refractivity contribution in [2.45, 2.75) is 18.6 Å². The van der Waals surface area contributed by atoms with Crippen LogP contribution in [0.2, 0.25) is 0 Å². The van der Waals surface area contributed by atoms with E-state index >= 15 is 0 Å². The van der Waals surface area contributed by atoms with Crippen LogP contribution in [0.25, 0.3) is 10.8 Å². The summed E-state index contributed by atoms with van der Waals surface area (Å²) >= 11 is -1.95. The summed E-state index contributed by atoms with van der Waals surface area (Å²) in [7, 11) is 0. The first-order chi connectivity index (χ1) is 13.5. The summed E-state index contributed by atoms with van der Waals surface area (Å²) < 4.78 is 25.1. The Balaban J connectivity index is 1.97. The number of carbonyl (C=O) groups excluding carboxylic acids is 2. The Labute approximate surface area is 165 Å². The molecule has 28 heavy (non-hydrogen) atoms. The maximum atomic E-state index is 13.1. The van der Waals surface area contributed by atoms with Crippen LogP contribution in [0.3, 0.4) is 0 Å². The lowest BCUT2D eigenvalue weighted by molar-refractivity contribution is -0.143. The van der Waals surface area contributed by atoms with Crippen molar-refractivity contribution < 1.29 is 23.1 Å². The average molecular weight is 396 g/mol. The van der Waals surface area contributed by atoms with Gasteiger partial charge in [-0.25, -0.2) is 4.21 Å². The lowest BCUT2D eigenvalue weighted by Gasteiger charge is -2.16. The van der Waals surface area contributed by atoms with E-state index in [1.807, 2.05) is 36.4 Å². The molecule has 0 aromatic heterocycles. The van der Waals surface area contributed by atoms with Crippen molar-refractivity contribution in [3.8, 4) is 0 Å². The molecule has 0 bridgehead atoms. The summed E-state index contributed by atoms with van der Waals surface area (Å²) in [6.07, 6.45) is 0. The SMILES string of the molecule is CCOC(=O)C(C(=O)c1ccc(CS(=O)O)cc1)c1ccc2ccccc2c1. The van der Waals surface area contributed by atoms with Crippen molar-refractivity contribution in [2.75, 3.05) is 6.61 Å². The molecule has 144 valence electrons. The zero-order valence-corrected chi connectivity index (χ0v) is 16.1. The molecule has 0 saturated heterocycles. The molecule has 0 aliphatic heterocycles. The Morgan fingerprint density at radius 2 is 1.68 bits per heavy atom. The van der Waals surface area contributed by atoms with E-state index in [4.69, 9.17) is 9.29 Å². The van der Waals surface area contributed by atoms with Crippen molar-refractivity contribution >= 4 is 33.6 Å². The second kappa shape index (κ2) is 8.91. The van der Waals surface area contributed by atoms with Gasteiger partial charge in [-0.05, 0) is 34.9 Å². The summed E-state index contributed by atoms with van der Waals surface area (Å²) in [5, 5.41) is 1.95.